The van der Waals surface area contributed by atoms with Gasteiger partial charge in [0.1, 0.15) is 5.75 Å². The largest absolute Gasteiger partial charge is 0.434 e. The molecule has 0 bridgehead atoms. The second kappa shape index (κ2) is 9.53. The van der Waals surface area contributed by atoms with Crippen molar-refractivity contribution in [1.82, 2.24) is 5.32 Å². The third kappa shape index (κ3) is 6.19. The fourth-order valence-electron chi connectivity index (χ4n) is 1.72. The van der Waals surface area contributed by atoms with Gasteiger partial charge in [0.2, 0.25) is 0 Å². The van der Waals surface area contributed by atoms with Crippen LogP contribution in [0.2, 0.25) is 0 Å². The van der Waals surface area contributed by atoms with Gasteiger partial charge in [-0.05, 0) is 25.0 Å². The van der Waals surface area contributed by atoms with Crippen LogP contribution in [0, 0.1) is 0 Å². The number of benzene rings is 1. The van der Waals surface area contributed by atoms with Crippen LogP contribution in [0.15, 0.2) is 24.3 Å². The highest BCUT2D eigenvalue weighted by atomic mass is 35.5. The summed E-state index contributed by atoms with van der Waals surface area (Å²) >= 11 is 5.56. The lowest BCUT2D eigenvalue weighted by molar-refractivity contribution is -0.0501. The first-order valence-corrected chi connectivity index (χ1v) is 7.06. The molecule has 0 saturated heterocycles. The van der Waals surface area contributed by atoms with Crippen LogP contribution in [0.4, 0.5) is 8.78 Å². The first-order chi connectivity index (χ1) is 9.65. The molecule has 3 nitrogen and oxygen atoms in total. The number of hydrogen-bond acceptors (Lipinski definition) is 2. The molecule has 1 aromatic carbocycles. The number of hydrogen-bond donors (Lipinski definition) is 1. The molecule has 20 heavy (non-hydrogen) atoms. The molecule has 0 spiro atoms. The molecule has 112 valence electrons. The quantitative estimate of drug-likeness (QED) is 0.556. The molecule has 6 heteroatoms. The van der Waals surface area contributed by atoms with Crippen molar-refractivity contribution in [3.8, 4) is 5.75 Å². The van der Waals surface area contributed by atoms with Gasteiger partial charge in [-0.3, -0.25) is 4.79 Å². The van der Waals surface area contributed by atoms with E-state index in [9.17, 15) is 13.6 Å². The first kappa shape index (κ1) is 16.7. The maximum atomic E-state index is 12.2. The Hall–Kier alpha value is -1.36. The highest BCUT2D eigenvalue weighted by Gasteiger charge is 2.14. The van der Waals surface area contributed by atoms with Crippen molar-refractivity contribution in [1.29, 1.82) is 0 Å². The minimum Gasteiger partial charge on any atom is -0.434 e. The van der Waals surface area contributed by atoms with Gasteiger partial charge in [0.15, 0.2) is 0 Å². The molecule has 0 aliphatic heterocycles. The maximum absolute atomic E-state index is 12.2. The molecule has 1 amide bonds. The van der Waals surface area contributed by atoms with Crippen molar-refractivity contribution in [2.24, 2.45) is 0 Å². The molecule has 0 unspecified atom stereocenters. The molecule has 0 fully saturated rings. The molecular weight excluding hydrogens is 288 g/mol. The van der Waals surface area contributed by atoms with Crippen LogP contribution >= 0.6 is 11.6 Å². The van der Waals surface area contributed by atoms with Crippen molar-refractivity contribution < 1.29 is 18.3 Å². The summed E-state index contributed by atoms with van der Waals surface area (Å²) in [5.74, 6) is 0.130. The van der Waals surface area contributed by atoms with Gasteiger partial charge in [-0.15, -0.1) is 11.6 Å². The van der Waals surface area contributed by atoms with Gasteiger partial charge in [-0.2, -0.15) is 8.78 Å². The molecule has 1 N–H and O–H groups in total. The smallest absolute Gasteiger partial charge is 0.387 e. The normalized spacial score (nSPS) is 10.6. The number of alkyl halides is 3. The number of halogens is 3. The van der Waals surface area contributed by atoms with E-state index < -0.39 is 12.5 Å². The van der Waals surface area contributed by atoms with E-state index >= 15 is 0 Å². The van der Waals surface area contributed by atoms with E-state index in [-0.39, 0.29) is 11.3 Å². The Morgan fingerprint density at radius 1 is 1.20 bits per heavy atom. The minimum absolute atomic E-state index is 0.109. The van der Waals surface area contributed by atoms with Gasteiger partial charge in [-0.1, -0.05) is 25.0 Å². The van der Waals surface area contributed by atoms with E-state index in [2.05, 4.69) is 10.1 Å². The Bertz CT molecular complexity index is 416. The molecule has 0 radical (unpaired) electrons. The summed E-state index contributed by atoms with van der Waals surface area (Å²) in [6.45, 7) is -2.44. The summed E-state index contributed by atoms with van der Waals surface area (Å²) in [6, 6.07) is 5.95. The second-order valence-corrected chi connectivity index (χ2v) is 4.61. The van der Waals surface area contributed by atoms with E-state index in [1.54, 1.807) is 12.1 Å². The number of carbonyl (C=O) groups excluding carboxylic acids is 1. The molecular formula is C14H18ClF2NO2. The fraction of sp³-hybridized carbons (Fsp3) is 0.500. The van der Waals surface area contributed by atoms with Crippen LogP contribution in [-0.4, -0.2) is 24.9 Å². The molecule has 0 atom stereocenters. The minimum atomic E-state index is -2.94. The average Bonchev–Trinajstić information content (AvgIpc) is 2.42. The van der Waals surface area contributed by atoms with Gasteiger partial charge >= 0.3 is 6.61 Å². The second-order valence-electron chi connectivity index (χ2n) is 4.23. The van der Waals surface area contributed by atoms with Gasteiger partial charge in [0.25, 0.3) is 5.91 Å². The summed E-state index contributed by atoms with van der Waals surface area (Å²) in [7, 11) is 0. The van der Waals surface area contributed by atoms with E-state index in [1.165, 1.54) is 12.1 Å². The summed E-state index contributed by atoms with van der Waals surface area (Å²) < 4.78 is 28.8. The van der Waals surface area contributed by atoms with Crippen molar-refractivity contribution in [2.45, 2.75) is 32.3 Å². The number of carbonyl (C=O) groups is 1. The number of ether oxygens (including phenoxy) is 1. The molecule has 1 rings (SSSR count). The molecule has 1 aromatic rings. The van der Waals surface area contributed by atoms with Crippen LogP contribution in [0.3, 0.4) is 0 Å². The zero-order valence-corrected chi connectivity index (χ0v) is 11.8. The topological polar surface area (TPSA) is 38.3 Å². The number of para-hydroxylation sites is 1. The van der Waals surface area contributed by atoms with Crippen molar-refractivity contribution >= 4 is 17.5 Å². The lowest BCUT2D eigenvalue weighted by Gasteiger charge is -2.10. The summed E-state index contributed by atoms with van der Waals surface area (Å²) in [5.41, 5.74) is 0.119. The van der Waals surface area contributed by atoms with E-state index in [0.29, 0.717) is 12.4 Å². The van der Waals surface area contributed by atoms with Gasteiger partial charge in [0, 0.05) is 12.4 Å². The zero-order valence-electron chi connectivity index (χ0n) is 11.1. The van der Waals surface area contributed by atoms with Crippen LogP contribution < -0.4 is 10.1 Å². The van der Waals surface area contributed by atoms with Crippen LogP contribution in [0.5, 0.6) is 5.75 Å². The van der Waals surface area contributed by atoms with E-state index in [0.717, 1.165) is 25.7 Å². The maximum Gasteiger partial charge on any atom is 0.387 e. The third-order valence-corrected chi connectivity index (χ3v) is 2.96. The molecule has 0 aliphatic carbocycles. The Labute approximate surface area is 122 Å². The summed E-state index contributed by atoms with van der Waals surface area (Å²) in [5, 5.41) is 2.69. The van der Waals surface area contributed by atoms with Crippen molar-refractivity contribution in [3.05, 3.63) is 29.8 Å². The number of amides is 1. The van der Waals surface area contributed by atoms with Gasteiger partial charge in [0.05, 0.1) is 5.56 Å². The monoisotopic (exact) mass is 305 g/mol. The predicted molar refractivity (Wildman–Crippen MR) is 74.6 cm³/mol. The SMILES string of the molecule is O=C(NCCCCCCCl)c1ccccc1OC(F)F. The Kier molecular flexibility index (Phi) is 7.95. The predicted octanol–water partition coefficient (Wildman–Crippen LogP) is 3.82. The van der Waals surface area contributed by atoms with Crippen molar-refractivity contribution in [3.63, 3.8) is 0 Å². The number of nitrogens with one attached hydrogen (secondary N) is 1. The van der Waals surface area contributed by atoms with E-state index in [4.69, 9.17) is 11.6 Å². The number of unbranched alkanes of at least 4 members (excludes halogenated alkanes) is 3. The standard InChI is InChI=1S/C14H18ClF2NO2/c15-9-5-1-2-6-10-18-13(19)11-7-3-4-8-12(11)20-14(16)17/h3-4,7-8,14H,1-2,5-6,9-10H2,(H,18,19). The van der Waals surface area contributed by atoms with Crippen LogP contribution in [0.1, 0.15) is 36.0 Å². The van der Waals surface area contributed by atoms with E-state index in [1.807, 2.05) is 0 Å². The molecule has 0 aromatic heterocycles. The van der Waals surface area contributed by atoms with Gasteiger partial charge < -0.3 is 10.1 Å². The Morgan fingerprint density at radius 2 is 1.90 bits per heavy atom. The molecule has 0 heterocycles. The highest BCUT2D eigenvalue weighted by Crippen LogP contribution is 2.20. The zero-order chi connectivity index (χ0) is 14.8. The number of rotatable bonds is 9. The first-order valence-electron chi connectivity index (χ1n) is 6.53. The van der Waals surface area contributed by atoms with Crippen LogP contribution in [0.25, 0.3) is 0 Å². The molecule has 0 saturated carbocycles. The third-order valence-electron chi connectivity index (χ3n) is 2.69. The highest BCUT2D eigenvalue weighted by molar-refractivity contribution is 6.17. The fourth-order valence-corrected chi connectivity index (χ4v) is 1.91. The Balaban J connectivity index is 2.43. The lowest BCUT2D eigenvalue weighted by atomic mass is 10.1. The van der Waals surface area contributed by atoms with Crippen molar-refractivity contribution in [2.75, 3.05) is 12.4 Å². The summed E-state index contributed by atoms with van der Waals surface area (Å²) in [6.07, 6.45) is 3.79. The lowest BCUT2D eigenvalue weighted by Crippen LogP contribution is -2.25. The summed E-state index contributed by atoms with van der Waals surface area (Å²) in [4.78, 5) is 11.9. The Morgan fingerprint density at radius 3 is 2.60 bits per heavy atom. The van der Waals surface area contributed by atoms with Crippen LogP contribution in [-0.2, 0) is 0 Å². The molecule has 0 aliphatic rings. The van der Waals surface area contributed by atoms with Gasteiger partial charge in [-0.25, -0.2) is 0 Å². The average molecular weight is 306 g/mol.